The summed E-state index contributed by atoms with van der Waals surface area (Å²) in [5.41, 5.74) is 3.99. The molecule has 1 N–H and O–H groups in total. The summed E-state index contributed by atoms with van der Waals surface area (Å²) in [5, 5.41) is 2.94. The van der Waals surface area contributed by atoms with Crippen LogP contribution in [-0.2, 0) is 22.4 Å². The van der Waals surface area contributed by atoms with E-state index in [4.69, 9.17) is 0 Å². The second-order valence-electron chi connectivity index (χ2n) is 6.15. The second-order valence-corrected chi connectivity index (χ2v) is 6.15. The van der Waals surface area contributed by atoms with E-state index in [-0.39, 0.29) is 11.8 Å². The Balaban J connectivity index is 1.66. The summed E-state index contributed by atoms with van der Waals surface area (Å²) in [6, 6.07) is 15.8. The molecule has 1 heterocycles. The summed E-state index contributed by atoms with van der Waals surface area (Å²) >= 11 is 0. The lowest BCUT2D eigenvalue weighted by molar-refractivity contribution is -0.117. The van der Waals surface area contributed by atoms with Gasteiger partial charge in [-0.2, -0.15) is 0 Å². The molecule has 4 heteroatoms. The van der Waals surface area contributed by atoms with Crippen LogP contribution < -0.4 is 10.2 Å². The Morgan fingerprint density at radius 2 is 1.92 bits per heavy atom. The van der Waals surface area contributed by atoms with Crippen LogP contribution in [0.1, 0.15) is 30.9 Å². The van der Waals surface area contributed by atoms with E-state index in [2.05, 4.69) is 5.32 Å². The molecule has 0 aliphatic carbocycles. The van der Waals surface area contributed by atoms with Crippen molar-refractivity contribution in [3.8, 4) is 0 Å². The molecule has 0 bridgehead atoms. The summed E-state index contributed by atoms with van der Waals surface area (Å²) < 4.78 is 0. The SMILES string of the molecule is CC(=O)N1CCCc2ccc(NC(=O)CCc3ccccc3)cc21. The van der Waals surface area contributed by atoms with Crippen molar-refractivity contribution in [2.24, 2.45) is 0 Å². The number of hydrogen-bond acceptors (Lipinski definition) is 2. The van der Waals surface area contributed by atoms with Gasteiger partial charge in [0, 0.05) is 31.3 Å². The van der Waals surface area contributed by atoms with Gasteiger partial charge >= 0.3 is 0 Å². The summed E-state index contributed by atoms with van der Waals surface area (Å²) in [6.07, 6.45) is 3.12. The summed E-state index contributed by atoms with van der Waals surface area (Å²) in [5.74, 6) is 0.0347. The van der Waals surface area contributed by atoms with Gasteiger partial charge in [-0.15, -0.1) is 0 Å². The van der Waals surface area contributed by atoms with Crippen LogP contribution in [0.25, 0.3) is 0 Å². The number of aryl methyl sites for hydroxylation is 2. The molecule has 1 aliphatic heterocycles. The number of nitrogens with zero attached hydrogens (tertiary/aromatic N) is 1. The average molecular weight is 322 g/mol. The molecular weight excluding hydrogens is 300 g/mol. The Hall–Kier alpha value is -2.62. The minimum absolute atomic E-state index is 0.0102. The molecule has 0 spiro atoms. The van der Waals surface area contributed by atoms with E-state index in [0.717, 1.165) is 42.7 Å². The zero-order valence-corrected chi connectivity index (χ0v) is 13.9. The van der Waals surface area contributed by atoms with Gasteiger partial charge in [-0.05, 0) is 42.5 Å². The van der Waals surface area contributed by atoms with Gasteiger partial charge < -0.3 is 10.2 Å². The third-order valence-corrected chi connectivity index (χ3v) is 4.35. The van der Waals surface area contributed by atoms with Gasteiger partial charge in [-0.25, -0.2) is 0 Å². The van der Waals surface area contributed by atoms with Crippen molar-refractivity contribution in [1.29, 1.82) is 0 Å². The van der Waals surface area contributed by atoms with Crippen LogP contribution in [0.5, 0.6) is 0 Å². The van der Waals surface area contributed by atoms with Crippen LogP contribution in [-0.4, -0.2) is 18.4 Å². The van der Waals surface area contributed by atoms with Gasteiger partial charge in [0.2, 0.25) is 11.8 Å². The van der Waals surface area contributed by atoms with Crippen LogP contribution in [0.2, 0.25) is 0 Å². The number of nitrogens with one attached hydrogen (secondary N) is 1. The highest BCUT2D eigenvalue weighted by Crippen LogP contribution is 2.30. The maximum atomic E-state index is 12.2. The first kappa shape index (κ1) is 16.2. The third kappa shape index (κ3) is 3.82. The van der Waals surface area contributed by atoms with Gasteiger partial charge in [-0.1, -0.05) is 36.4 Å². The fraction of sp³-hybridized carbons (Fsp3) is 0.300. The highest BCUT2D eigenvalue weighted by Gasteiger charge is 2.20. The van der Waals surface area contributed by atoms with E-state index < -0.39 is 0 Å². The average Bonchev–Trinajstić information content (AvgIpc) is 2.60. The minimum Gasteiger partial charge on any atom is -0.326 e. The Morgan fingerprint density at radius 3 is 2.67 bits per heavy atom. The summed E-state index contributed by atoms with van der Waals surface area (Å²) in [4.78, 5) is 25.8. The van der Waals surface area contributed by atoms with E-state index in [9.17, 15) is 9.59 Å². The first-order valence-electron chi connectivity index (χ1n) is 8.38. The molecule has 0 fully saturated rings. The molecular formula is C20H22N2O2. The lowest BCUT2D eigenvalue weighted by Crippen LogP contribution is -2.33. The van der Waals surface area contributed by atoms with Crippen molar-refractivity contribution in [3.05, 3.63) is 59.7 Å². The molecule has 0 radical (unpaired) electrons. The Morgan fingerprint density at radius 1 is 1.12 bits per heavy atom. The van der Waals surface area contributed by atoms with Crippen molar-refractivity contribution in [2.75, 3.05) is 16.8 Å². The molecule has 4 nitrogen and oxygen atoms in total. The normalized spacial score (nSPS) is 13.3. The number of fused-ring (bicyclic) bond motifs is 1. The van der Waals surface area contributed by atoms with Crippen LogP contribution in [0.4, 0.5) is 11.4 Å². The molecule has 2 aromatic rings. The smallest absolute Gasteiger partial charge is 0.224 e. The first-order chi connectivity index (χ1) is 11.6. The number of carbonyl (C=O) groups excluding carboxylic acids is 2. The van der Waals surface area contributed by atoms with Crippen molar-refractivity contribution in [3.63, 3.8) is 0 Å². The zero-order valence-electron chi connectivity index (χ0n) is 13.9. The van der Waals surface area contributed by atoms with E-state index in [1.165, 1.54) is 5.56 Å². The van der Waals surface area contributed by atoms with Crippen molar-refractivity contribution >= 4 is 23.2 Å². The highest BCUT2D eigenvalue weighted by atomic mass is 16.2. The lowest BCUT2D eigenvalue weighted by Gasteiger charge is -2.29. The van der Waals surface area contributed by atoms with Gasteiger partial charge in [0.15, 0.2) is 0 Å². The van der Waals surface area contributed by atoms with Crippen LogP contribution in [0.15, 0.2) is 48.5 Å². The predicted molar refractivity (Wildman–Crippen MR) is 96.2 cm³/mol. The Labute approximate surface area is 142 Å². The van der Waals surface area contributed by atoms with E-state index >= 15 is 0 Å². The zero-order chi connectivity index (χ0) is 16.9. The maximum Gasteiger partial charge on any atom is 0.224 e. The van der Waals surface area contributed by atoms with E-state index in [1.54, 1.807) is 11.8 Å². The van der Waals surface area contributed by atoms with E-state index in [1.807, 2.05) is 48.5 Å². The number of rotatable bonds is 4. The highest BCUT2D eigenvalue weighted by molar-refractivity contribution is 5.95. The van der Waals surface area contributed by atoms with Crippen LogP contribution in [0, 0.1) is 0 Å². The third-order valence-electron chi connectivity index (χ3n) is 4.35. The van der Waals surface area contributed by atoms with Gasteiger partial charge in [0.1, 0.15) is 0 Å². The van der Waals surface area contributed by atoms with Crippen molar-refractivity contribution in [1.82, 2.24) is 0 Å². The molecule has 124 valence electrons. The molecule has 1 aliphatic rings. The van der Waals surface area contributed by atoms with Crippen LogP contribution >= 0.6 is 0 Å². The van der Waals surface area contributed by atoms with Crippen molar-refractivity contribution < 1.29 is 9.59 Å². The molecule has 0 saturated heterocycles. The molecule has 3 rings (SSSR count). The molecule has 2 amide bonds. The molecule has 24 heavy (non-hydrogen) atoms. The molecule has 0 aromatic heterocycles. The van der Waals surface area contributed by atoms with Crippen molar-refractivity contribution in [2.45, 2.75) is 32.6 Å². The molecule has 0 unspecified atom stereocenters. The number of anilines is 2. The Bertz CT molecular complexity index is 741. The molecule has 0 atom stereocenters. The predicted octanol–water partition coefficient (Wildman–Crippen LogP) is 3.56. The number of amides is 2. The minimum atomic E-state index is -0.0102. The molecule has 2 aromatic carbocycles. The molecule has 0 saturated carbocycles. The summed E-state index contributed by atoms with van der Waals surface area (Å²) in [6.45, 7) is 2.33. The van der Waals surface area contributed by atoms with E-state index in [0.29, 0.717) is 6.42 Å². The quantitative estimate of drug-likeness (QED) is 0.936. The Kier molecular flexibility index (Phi) is 4.94. The van der Waals surface area contributed by atoms with Gasteiger partial charge in [0.05, 0.1) is 0 Å². The second kappa shape index (κ2) is 7.30. The first-order valence-corrected chi connectivity index (χ1v) is 8.38. The summed E-state index contributed by atoms with van der Waals surface area (Å²) in [7, 11) is 0. The van der Waals surface area contributed by atoms with Gasteiger partial charge in [0.25, 0.3) is 0 Å². The maximum absolute atomic E-state index is 12.2. The topological polar surface area (TPSA) is 49.4 Å². The monoisotopic (exact) mass is 322 g/mol. The standard InChI is InChI=1S/C20H22N2O2/c1-15(23)22-13-5-8-17-10-11-18(14-19(17)22)21-20(24)12-9-16-6-3-2-4-7-16/h2-4,6-7,10-11,14H,5,8-9,12-13H2,1H3,(H,21,24). The van der Waals surface area contributed by atoms with Crippen LogP contribution in [0.3, 0.4) is 0 Å². The fourth-order valence-electron chi connectivity index (χ4n) is 3.11. The number of hydrogen-bond donors (Lipinski definition) is 1. The number of benzene rings is 2. The fourth-order valence-corrected chi connectivity index (χ4v) is 3.11. The largest absolute Gasteiger partial charge is 0.326 e. The number of carbonyl (C=O) groups is 2. The van der Waals surface area contributed by atoms with Gasteiger partial charge in [-0.3, -0.25) is 9.59 Å². The lowest BCUT2D eigenvalue weighted by atomic mass is 10.0.